The van der Waals surface area contributed by atoms with Gasteiger partial charge in [0, 0.05) is 12.4 Å². The number of hydrogen-bond donors (Lipinski definition) is 1. The first-order chi connectivity index (χ1) is 9.74. The Morgan fingerprint density at radius 1 is 1.25 bits per heavy atom. The van der Waals surface area contributed by atoms with Crippen molar-refractivity contribution >= 4 is 5.97 Å². The predicted molar refractivity (Wildman–Crippen MR) is 78.6 cm³/mol. The number of hydrogen-bond acceptors (Lipinski definition) is 3. The zero-order valence-electron chi connectivity index (χ0n) is 12.0. The molecule has 4 heteroatoms. The molecule has 0 atom stereocenters. The van der Waals surface area contributed by atoms with E-state index < -0.39 is 5.97 Å². The maximum Gasteiger partial charge on any atom is 0.317 e. The van der Waals surface area contributed by atoms with Crippen LogP contribution in [-0.4, -0.2) is 40.6 Å². The molecule has 1 fully saturated rings. The molecule has 0 amide bonds. The topological polar surface area (TPSA) is 53.4 Å². The monoisotopic (exact) mass is 276 g/mol. The van der Waals surface area contributed by atoms with Crippen molar-refractivity contribution in [3.05, 3.63) is 30.1 Å². The number of pyridine rings is 1. The van der Waals surface area contributed by atoms with Crippen LogP contribution in [0.1, 0.15) is 37.7 Å². The van der Waals surface area contributed by atoms with Crippen LogP contribution < -0.4 is 0 Å². The minimum absolute atomic E-state index is 0.203. The Labute approximate surface area is 120 Å². The summed E-state index contributed by atoms with van der Waals surface area (Å²) < 4.78 is 0. The maximum absolute atomic E-state index is 10.6. The van der Waals surface area contributed by atoms with Crippen LogP contribution in [-0.2, 0) is 11.2 Å². The fraction of sp³-hybridized carbons (Fsp3) is 0.625. The number of piperidine rings is 1. The van der Waals surface area contributed by atoms with Gasteiger partial charge in [0.2, 0.25) is 0 Å². The number of unbranched alkanes of at least 4 members (excludes halogenated alkanes) is 1. The van der Waals surface area contributed by atoms with Crippen LogP contribution in [0.5, 0.6) is 0 Å². The van der Waals surface area contributed by atoms with E-state index >= 15 is 0 Å². The van der Waals surface area contributed by atoms with Crippen LogP contribution in [0.4, 0.5) is 0 Å². The first-order valence-corrected chi connectivity index (χ1v) is 7.57. The predicted octanol–water partition coefficient (Wildman–Crippen LogP) is 2.59. The third-order valence-corrected chi connectivity index (χ3v) is 4.14. The lowest BCUT2D eigenvalue weighted by atomic mass is 9.91. The molecule has 1 aromatic rings. The van der Waals surface area contributed by atoms with Crippen LogP contribution in [0.25, 0.3) is 0 Å². The highest BCUT2D eigenvalue weighted by Crippen LogP contribution is 2.22. The Bertz CT molecular complexity index is 400. The number of carboxylic acid groups (broad SMARTS) is 1. The number of carboxylic acids is 1. The van der Waals surface area contributed by atoms with E-state index in [4.69, 9.17) is 5.11 Å². The van der Waals surface area contributed by atoms with Gasteiger partial charge >= 0.3 is 5.97 Å². The molecule has 0 unspecified atom stereocenters. The quantitative estimate of drug-likeness (QED) is 0.778. The second-order valence-corrected chi connectivity index (χ2v) is 5.71. The lowest BCUT2D eigenvalue weighted by Gasteiger charge is -2.30. The van der Waals surface area contributed by atoms with Gasteiger partial charge in [-0.3, -0.25) is 14.7 Å². The lowest BCUT2D eigenvalue weighted by Crippen LogP contribution is -2.37. The molecule has 2 heterocycles. The van der Waals surface area contributed by atoms with Crippen LogP contribution in [0, 0.1) is 5.92 Å². The van der Waals surface area contributed by atoms with Crippen molar-refractivity contribution in [1.82, 2.24) is 9.88 Å². The highest BCUT2D eigenvalue weighted by molar-refractivity contribution is 5.69. The van der Waals surface area contributed by atoms with Crippen LogP contribution in [0.15, 0.2) is 24.5 Å². The van der Waals surface area contributed by atoms with Crippen LogP contribution in [0.2, 0.25) is 0 Å². The Hall–Kier alpha value is -1.42. The highest BCUT2D eigenvalue weighted by atomic mass is 16.4. The minimum Gasteiger partial charge on any atom is -0.480 e. The number of nitrogens with zero attached hydrogens (tertiary/aromatic N) is 2. The zero-order valence-corrected chi connectivity index (χ0v) is 12.0. The summed E-state index contributed by atoms with van der Waals surface area (Å²) in [6.45, 7) is 2.09. The summed E-state index contributed by atoms with van der Waals surface area (Å²) in [6.07, 6.45) is 10.9. The van der Waals surface area contributed by atoms with E-state index in [0.717, 1.165) is 38.3 Å². The number of rotatable bonds is 7. The van der Waals surface area contributed by atoms with Gasteiger partial charge in [-0.25, -0.2) is 0 Å². The molecule has 0 aliphatic carbocycles. The van der Waals surface area contributed by atoms with Gasteiger partial charge in [-0.15, -0.1) is 0 Å². The Morgan fingerprint density at radius 3 is 2.60 bits per heavy atom. The number of likely N-dealkylation sites (tertiary alicyclic amines) is 1. The van der Waals surface area contributed by atoms with E-state index in [1.807, 2.05) is 12.4 Å². The van der Waals surface area contributed by atoms with Gasteiger partial charge in [0.05, 0.1) is 6.54 Å². The van der Waals surface area contributed by atoms with Crippen molar-refractivity contribution in [3.8, 4) is 0 Å². The molecule has 1 aliphatic heterocycles. The van der Waals surface area contributed by atoms with Gasteiger partial charge < -0.3 is 5.11 Å². The molecule has 0 spiro atoms. The molecule has 1 aliphatic rings. The molecule has 4 nitrogen and oxygen atoms in total. The smallest absolute Gasteiger partial charge is 0.317 e. The third-order valence-electron chi connectivity index (χ3n) is 4.14. The molecule has 1 N–H and O–H groups in total. The highest BCUT2D eigenvalue weighted by Gasteiger charge is 2.19. The fourth-order valence-electron chi connectivity index (χ4n) is 2.94. The van der Waals surface area contributed by atoms with Gasteiger partial charge in [0.15, 0.2) is 0 Å². The number of carbonyl (C=O) groups is 1. The molecule has 2 rings (SSSR count). The SMILES string of the molecule is O=C(O)CN1CCC(CCCCc2ccncc2)CC1. The summed E-state index contributed by atoms with van der Waals surface area (Å²) in [5, 5.41) is 8.77. The van der Waals surface area contributed by atoms with E-state index in [1.54, 1.807) is 0 Å². The molecule has 1 saturated heterocycles. The average Bonchev–Trinajstić information content (AvgIpc) is 2.46. The standard InChI is InChI=1S/C16H24N2O2/c19-16(20)13-18-11-7-15(8-12-18)4-2-1-3-14-5-9-17-10-6-14/h5-6,9-10,15H,1-4,7-8,11-13H2,(H,19,20). The Morgan fingerprint density at radius 2 is 1.95 bits per heavy atom. The molecule has 0 saturated carbocycles. The zero-order chi connectivity index (χ0) is 14.2. The molecule has 110 valence electrons. The van der Waals surface area contributed by atoms with Gasteiger partial charge in [0.1, 0.15) is 0 Å². The van der Waals surface area contributed by atoms with E-state index in [1.165, 1.54) is 24.8 Å². The van der Waals surface area contributed by atoms with Crippen molar-refractivity contribution < 1.29 is 9.90 Å². The second kappa shape index (κ2) is 8.00. The third kappa shape index (κ3) is 5.29. The van der Waals surface area contributed by atoms with Gasteiger partial charge in [0.25, 0.3) is 0 Å². The number of aliphatic carboxylic acids is 1. The maximum atomic E-state index is 10.6. The van der Waals surface area contributed by atoms with E-state index in [-0.39, 0.29) is 6.54 Å². The molecule has 20 heavy (non-hydrogen) atoms. The summed E-state index contributed by atoms with van der Waals surface area (Å²) in [5.41, 5.74) is 1.37. The summed E-state index contributed by atoms with van der Waals surface area (Å²) in [4.78, 5) is 16.7. The van der Waals surface area contributed by atoms with Gasteiger partial charge in [-0.05, 0) is 62.4 Å². The van der Waals surface area contributed by atoms with Crippen molar-refractivity contribution in [1.29, 1.82) is 0 Å². The fourth-order valence-corrected chi connectivity index (χ4v) is 2.94. The van der Waals surface area contributed by atoms with Crippen LogP contribution >= 0.6 is 0 Å². The summed E-state index contributed by atoms with van der Waals surface area (Å²) in [5.74, 6) is 0.0817. The molecule has 0 radical (unpaired) electrons. The van der Waals surface area contributed by atoms with Crippen molar-refractivity contribution in [2.45, 2.75) is 38.5 Å². The lowest BCUT2D eigenvalue weighted by molar-refractivity contribution is -0.138. The first kappa shape index (κ1) is 15.0. The largest absolute Gasteiger partial charge is 0.480 e. The molecular formula is C16H24N2O2. The first-order valence-electron chi connectivity index (χ1n) is 7.57. The van der Waals surface area contributed by atoms with E-state index in [0.29, 0.717) is 0 Å². The van der Waals surface area contributed by atoms with Crippen molar-refractivity contribution in [3.63, 3.8) is 0 Å². The minimum atomic E-state index is -0.708. The molecule has 0 aromatic carbocycles. The Balaban J connectivity index is 1.56. The second-order valence-electron chi connectivity index (χ2n) is 5.71. The summed E-state index contributed by atoms with van der Waals surface area (Å²) in [6, 6.07) is 4.18. The van der Waals surface area contributed by atoms with E-state index in [9.17, 15) is 4.79 Å². The summed E-state index contributed by atoms with van der Waals surface area (Å²) >= 11 is 0. The summed E-state index contributed by atoms with van der Waals surface area (Å²) in [7, 11) is 0. The molecule has 1 aromatic heterocycles. The molecule has 0 bridgehead atoms. The number of aryl methyl sites for hydroxylation is 1. The van der Waals surface area contributed by atoms with Crippen molar-refractivity contribution in [2.24, 2.45) is 5.92 Å². The van der Waals surface area contributed by atoms with E-state index in [2.05, 4.69) is 22.0 Å². The Kier molecular flexibility index (Phi) is 5.99. The normalized spacial score (nSPS) is 17.2. The number of aromatic nitrogens is 1. The average molecular weight is 276 g/mol. The van der Waals surface area contributed by atoms with Gasteiger partial charge in [-0.1, -0.05) is 12.8 Å². The van der Waals surface area contributed by atoms with Crippen molar-refractivity contribution in [2.75, 3.05) is 19.6 Å². The van der Waals surface area contributed by atoms with Crippen LogP contribution in [0.3, 0.4) is 0 Å². The molecular weight excluding hydrogens is 252 g/mol. The van der Waals surface area contributed by atoms with Gasteiger partial charge in [-0.2, -0.15) is 0 Å².